The Morgan fingerprint density at radius 2 is 2.20 bits per heavy atom. The molecule has 0 atom stereocenters. The molecular weight excluding hydrogens is 124 g/mol. The molecule has 1 aliphatic rings. The summed E-state index contributed by atoms with van der Waals surface area (Å²) in [4.78, 5) is 2.17. The zero-order valence-corrected chi connectivity index (χ0v) is 6.76. The van der Waals surface area contributed by atoms with E-state index in [9.17, 15) is 0 Å². The molecule has 1 rings (SSSR count). The average molecular weight is 138 g/mol. The van der Waals surface area contributed by atoms with Crippen LogP contribution in [0.5, 0.6) is 0 Å². The molecule has 56 valence electrons. The zero-order valence-electron chi connectivity index (χ0n) is 6.76. The lowest BCUT2D eigenvalue weighted by Crippen LogP contribution is -2.24. The summed E-state index contributed by atoms with van der Waals surface area (Å²) >= 11 is 0. The highest BCUT2D eigenvalue weighted by atomic mass is 15.1. The van der Waals surface area contributed by atoms with Crippen LogP contribution in [0.25, 0.3) is 0 Å². The Morgan fingerprint density at radius 3 is 2.60 bits per heavy atom. The van der Waals surface area contributed by atoms with Gasteiger partial charge in [-0.2, -0.15) is 0 Å². The largest absolute Gasteiger partial charge is 0.363 e. The highest BCUT2D eigenvalue weighted by molar-refractivity contribution is 5.08. The summed E-state index contributed by atoms with van der Waals surface area (Å²) in [7, 11) is 0. The molecule has 0 amide bonds. The van der Waals surface area contributed by atoms with E-state index in [2.05, 4.69) is 37.2 Å². The van der Waals surface area contributed by atoms with E-state index in [-0.39, 0.29) is 0 Å². The van der Waals surface area contributed by atoms with Gasteiger partial charge in [0.2, 0.25) is 0 Å². The molecule has 0 radical (unpaired) electrons. The van der Waals surface area contributed by atoms with Gasteiger partial charge in [-0.3, -0.25) is 0 Å². The van der Waals surface area contributed by atoms with Crippen LogP contribution in [0, 0.1) is 0 Å². The minimum Gasteiger partial charge on any atom is -0.363 e. The molecule has 2 nitrogen and oxygen atoms in total. The molecule has 0 aromatic carbocycles. The van der Waals surface area contributed by atoms with E-state index in [4.69, 9.17) is 0 Å². The molecule has 1 N–H and O–H groups in total. The summed E-state index contributed by atoms with van der Waals surface area (Å²) in [5, 5.41) is 3.11. The maximum Gasteiger partial charge on any atom is 0.0280 e. The fourth-order valence-electron chi connectivity index (χ4n) is 0.880. The number of nitrogens with one attached hydrogen (secondary N) is 1. The van der Waals surface area contributed by atoms with Gasteiger partial charge in [0.25, 0.3) is 0 Å². The van der Waals surface area contributed by atoms with E-state index in [0.29, 0.717) is 6.04 Å². The van der Waals surface area contributed by atoms with Crippen LogP contribution in [-0.4, -0.2) is 10.9 Å². The van der Waals surface area contributed by atoms with E-state index in [1.807, 2.05) is 12.4 Å². The molecule has 1 heterocycles. The third-order valence-corrected chi connectivity index (χ3v) is 1.50. The van der Waals surface area contributed by atoms with Crippen molar-refractivity contribution < 1.29 is 0 Å². The molecule has 0 bridgehead atoms. The van der Waals surface area contributed by atoms with Crippen LogP contribution in [0.2, 0.25) is 0 Å². The van der Waals surface area contributed by atoms with E-state index < -0.39 is 0 Å². The second-order valence-electron chi connectivity index (χ2n) is 2.81. The highest BCUT2D eigenvalue weighted by Gasteiger charge is 2.03. The molecule has 0 unspecified atom stereocenters. The first-order valence-corrected chi connectivity index (χ1v) is 3.59. The Labute approximate surface area is 62.2 Å². The molecule has 0 spiro atoms. The molecule has 10 heavy (non-hydrogen) atoms. The third-order valence-electron chi connectivity index (χ3n) is 1.50. The van der Waals surface area contributed by atoms with Gasteiger partial charge < -0.3 is 10.2 Å². The minimum atomic E-state index is 0.549. The van der Waals surface area contributed by atoms with Crippen molar-refractivity contribution in [3.05, 3.63) is 24.3 Å². The molecule has 0 saturated carbocycles. The third kappa shape index (κ3) is 1.53. The molecule has 0 aliphatic carbocycles. The van der Waals surface area contributed by atoms with E-state index >= 15 is 0 Å². The Balaban J connectivity index is 2.61. The summed E-state index contributed by atoms with van der Waals surface area (Å²) in [6, 6.07) is 0.549. The predicted molar refractivity (Wildman–Crippen MR) is 43.0 cm³/mol. The maximum atomic E-state index is 3.11. The second kappa shape index (κ2) is 2.78. The van der Waals surface area contributed by atoms with Gasteiger partial charge in [0.1, 0.15) is 0 Å². The summed E-state index contributed by atoms with van der Waals surface area (Å²) < 4.78 is 0. The van der Waals surface area contributed by atoms with Gasteiger partial charge in [0.05, 0.1) is 0 Å². The molecule has 0 aromatic heterocycles. The maximum absolute atomic E-state index is 3.11. The lowest BCUT2D eigenvalue weighted by molar-refractivity contribution is 0.404. The van der Waals surface area contributed by atoms with Gasteiger partial charge >= 0.3 is 0 Å². The van der Waals surface area contributed by atoms with Crippen molar-refractivity contribution in [2.24, 2.45) is 0 Å². The zero-order chi connectivity index (χ0) is 7.56. The van der Waals surface area contributed by atoms with Crippen molar-refractivity contribution in [3.8, 4) is 0 Å². The normalized spacial score (nSPS) is 17.2. The fraction of sp³-hybridized carbons (Fsp3) is 0.500. The molecular formula is C8H14N2. The summed E-state index contributed by atoms with van der Waals surface area (Å²) in [5.74, 6) is 0. The average Bonchev–Trinajstić information content (AvgIpc) is 1.88. The van der Waals surface area contributed by atoms with Crippen LogP contribution in [-0.2, 0) is 0 Å². The van der Waals surface area contributed by atoms with Crippen molar-refractivity contribution >= 4 is 0 Å². The van der Waals surface area contributed by atoms with Gasteiger partial charge in [-0.25, -0.2) is 0 Å². The van der Waals surface area contributed by atoms with Crippen molar-refractivity contribution in [2.45, 2.75) is 26.8 Å². The highest BCUT2D eigenvalue weighted by Crippen LogP contribution is 2.05. The Hall–Kier alpha value is -0.920. The Bertz CT molecular complexity index is 168. The predicted octanol–water partition coefficient (Wildman–Crippen LogP) is 1.63. The quantitative estimate of drug-likeness (QED) is 0.592. The van der Waals surface area contributed by atoms with Crippen LogP contribution in [0.4, 0.5) is 0 Å². The van der Waals surface area contributed by atoms with Crippen LogP contribution >= 0.6 is 0 Å². The van der Waals surface area contributed by atoms with Crippen LogP contribution in [0.3, 0.4) is 0 Å². The van der Waals surface area contributed by atoms with E-state index in [1.165, 1.54) is 5.70 Å². The molecule has 1 aliphatic heterocycles. The van der Waals surface area contributed by atoms with Crippen molar-refractivity contribution in [1.29, 1.82) is 0 Å². The van der Waals surface area contributed by atoms with E-state index in [0.717, 1.165) is 0 Å². The topological polar surface area (TPSA) is 15.3 Å². The lowest BCUT2D eigenvalue weighted by atomic mass is 10.3. The minimum absolute atomic E-state index is 0.549. The SMILES string of the molecule is CC1=CN(C(C)C)C=CN1. The van der Waals surface area contributed by atoms with Gasteiger partial charge in [0.15, 0.2) is 0 Å². The summed E-state index contributed by atoms with van der Waals surface area (Å²) in [5.41, 5.74) is 1.19. The summed E-state index contributed by atoms with van der Waals surface area (Å²) in [6.45, 7) is 6.39. The fourth-order valence-corrected chi connectivity index (χ4v) is 0.880. The van der Waals surface area contributed by atoms with Crippen molar-refractivity contribution in [3.63, 3.8) is 0 Å². The van der Waals surface area contributed by atoms with Crippen molar-refractivity contribution in [2.75, 3.05) is 0 Å². The molecule has 0 fully saturated rings. The van der Waals surface area contributed by atoms with Crippen LogP contribution in [0.15, 0.2) is 24.3 Å². The van der Waals surface area contributed by atoms with Gasteiger partial charge in [0, 0.05) is 30.3 Å². The van der Waals surface area contributed by atoms with Crippen LogP contribution in [0.1, 0.15) is 20.8 Å². The lowest BCUT2D eigenvalue weighted by Gasteiger charge is -2.24. The number of hydrogen-bond donors (Lipinski definition) is 1. The van der Waals surface area contributed by atoms with Gasteiger partial charge in [-0.1, -0.05) is 0 Å². The summed E-state index contributed by atoms with van der Waals surface area (Å²) in [6.07, 6.45) is 6.09. The Morgan fingerprint density at radius 1 is 1.50 bits per heavy atom. The van der Waals surface area contributed by atoms with Gasteiger partial charge in [-0.05, 0) is 20.8 Å². The smallest absolute Gasteiger partial charge is 0.0280 e. The van der Waals surface area contributed by atoms with E-state index in [1.54, 1.807) is 0 Å². The first-order chi connectivity index (χ1) is 4.70. The molecule has 2 heteroatoms. The van der Waals surface area contributed by atoms with Gasteiger partial charge in [-0.15, -0.1) is 0 Å². The number of rotatable bonds is 1. The monoisotopic (exact) mass is 138 g/mol. The second-order valence-corrected chi connectivity index (χ2v) is 2.81. The number of hydrogen-bond acceptors (Lipinski definition) is 2. The first-order valence-electron chi connectivity index (χ1n) is 3.59. The first kappa shape index (κ1) is 7.19. The number of nitrogens with zero attached hydrogens (tertiary/aromatic N) is 1. The number of allylic oxidation sites excluding steroid dienone is 1. The Kier molecular flexibility index (Phi) is 2.00. The van der Waals surface area contributed by atoms with Crippen molar-refractivity contribution in [1.82, 2.24) is 10.2 Å². The van der Waals surface area contributed by atoms with Crippen LogP contribution < -0.4 is 5.32 Å². The standard InChI is InChI=1S/C8H14N2/c1-7(2)10-5-4-9-8(3)6-10/h4-7,9H,1-3H3. The molecule has 0 aromatic rings. The molecule has 0 saturated heterocycles.